The standard InChI is InChI=1S/C21H22BrN3OS2/c1-3-5-13-26-17-8-6-16(7-9-17)14-24-25-18(19-10-11-20(22)28-19)15-27-21(25)23-12-4-2/h4,6-11,14-15H,2-3,5,12-13H2,1H3/b23-21?,24-14+. The summed E-state index contributed by atoms with van der Waals surface area (Å²) in [5.41, 5.74) is 2.04. The van der Waals surface area contributed by atoms with E-state index in [2.05, 4.69) is 45.9 Å². The second-order valence-electron chi connectivity index (χ2n) is 5.96. The number of benzene rings is 1. The van der Waals surface area contributed by atoms with Crippen LogP contribution in [0.25, 0.3) is 10.6 Å². The van der Waals surface area contributed by atoms with Crippen LogP contribution in [-0.2, 0) is 0 Å². The van der Waals surface area contributed by atoms with Crippen LogP contribution >= 0.6 is 38.6 Å². The van der Waals surface area contributed by atoms with Crippen LogP contribution in [0.15, 0.2) is 68.3 Å². The van der Waals surface area contributed by atoms with E-state index in [1.165, 1.54) is 0 Å². The van der Waals surface area contributed by atoms with Gasteiger partial charge < -0.3 is 4.74 Å². The third-order valence-electron chi connectivity index (χ3n) is 3.84. The molecule has 0 radical (unpaired) electrons. The fraction of sp³-hybridized carbons (Fsp3) is 0.238. The molecule has 3 aromatic rings. The van der Waals surface area contributed by atoms with Crippen molar-refractivity contribution in [1.82, 2.24) is 4.68 Å². The zero-order valence-electron chi connectivity index (χ0n) is 15.7. The normalized spacial score (nSPS) is 12.0. The van der Waals surface area contributed by atoms with Crippen molar-refractivity contribution in [2.75, 3.05) is 13.2 Å². The van der Waals surface area contributed by atoms with E-state index in [0.29, 0.717) is 6.54 Å². The molecule has 0 aliphatic heterocycles. The van der Waals surface area contributed by atoms with Gasteiger partial charge in [0.25, 0.3) is 0 Å². The predicted octanol–water partition coefficient (Wildman–Crippen LogP) is 6.19. The van der Waals surface area contributed by atoms with Crippen molar-refractivity contribution in [2.45, 2.75) is 19.8 Å². The molecule has 4 nitrogen and oxygen atoms in total. The molecule has 146 valence electrons. The summed E-state index contributed by atoms with van der Waals surface area (Å²) >= 11 is 6.78. The van der Waals surface area contributed by atoms with E-state index in [1.54, 1.807) is 28.7 Å². The maximum atomic E-state index is 5.72. The molecule has 0 saturated carbocycles. The maximum absolute atomic E-state index is 5.72. The number of aromatic nitrogens is 1. The van der Waals surface area contributed by atoms with Gasteiger partial charge in [-0.05, 0) is 64.3 Å². The van der Waals surface area contributed by atoms with Gasteiger partial charge in [-0.15, -0.1) is 29.3 Å². The smallest absolute Gasteiger partial charge is 0.206 e. The van der Waals surface area contributed by atoms with Gasteiger partial charge in [0.15, 0.2) is 0 Å². The highest BCUT2D eigenvalue weighted by Gasteiger charge is 2.09. The predicted molar refractivity (Wildman–Crippen MR) is 124 cm³/mol. The Bertz CT molecular complexity index is 999. The third kappa shape index (κ3) is 5.53. The van der Waals surface area contributed by atoms with Gasteiger partial charge in [0.2, 0.25) is 4.80 Å². The lowest BCUT2D eigenvalue weighted by Crippen LogP contribution is -2.12. The Hall–Kier alpha value is -1.96. The third-order valence-corrected chi connectivity index (χ3v) is 6.34. The fourth-order valence-electron chi connectivity index (χ4n) is 2.39. The first kappa shape index (κ1) is 20.8. The first-order valence-electron chi connectivity index (χ1n) is 9.06. The Labute approximate surface area is 181 Å². The van der Waals surface area contributed by atoms with Gasteiger partial charge in [0.05, 0.1) is 33.7 Å². The molecule has 0 atom stereocenters. The zero-order chi connectivity index (χ0) is 19.8. The van der Waals surface area contributed by atoms with E-state index in [4.69, 9.17) is 9.84 Å². The van der Waals surface area contributed by atoms with Crippen molar-refractivity contribution in [1.29, 1.82) is 0 Å². The molecular weight excluding hydrogens is 454 g/mol. The van der Waals surface area contributed by atoms with Crippen LogP contribution in [0.5, 0.6) is 5.75 Å². The summed E-state index contributed by atoms with van der Waals surface area (Å²) in [5, 5.41) is 6.79. The average Bonchev–Trinajstić information content (AvgIpc) is 3.31. The van der Waals surface area contributed by atoms with Gasteiger partial charge in [-0.3, -0.25) is 4.99 Å². The zero-order valence-corrected chi connectivity index (χ0v) is 18.9. The first-order valence-corrected chi connectivity index (χ1v) is 11.5. The van der Waals surface area contributed by atoms with E-state index in [9.17, 15) is 0 Å². The van der Waals surface area contributed by atoms with Crippen molar-refractivity contribution in [3.63, 3.8) is 0 Å². The number of thiazole rings is 1. The fourth-order valence-corrected chi connectivity index (χ4v) is 4.69. The summed E-state index contributed by atoms with van der Waals surface area (Å²) in [6.45, 7) is 7.22. The Morgan fingerprint density at radius 1 is 1.21 bits per heavy atom. The Balaban J connectivity index is 1.85. The van der Waals surface area contributed by atoms with Crippen molar-refractivity contribution in [2.24, 2.45) is 10.1 Å². The van der Waals surface area contributed by atoms with Gasteiger partial charge in [0.1, 0.15) is 5.75 Å². The lowest BCUT2D eigenvalue weighted by molar-refractivity contribution is 0.309. The monoisotopic (exact) mass is 475 g/mol. The van der Waals surface area contributed by atoms with E-state index in [-0.39, 0.29) is 0 Å². The largest absolute Gasteiger partial charge is 0.494 e. The molecule has 28 heavy (non-hydrogen) atoms. The summed E-state index contributed by atoms with van der Waals surface area (Å²) in [4.78, 5) is 6.55. The van der Waals surface area contributed by atoms with Crippen LogP contribution in [0.4, 0.5) is 0 Å². The Morgan fingerprint density at radius 3 is 2.71 bits per heavy atom. The number of hydrogen-bond acceptors (Lipinski definition) is 5. The summed E-state index contributed by atoms with van der Waals surface area (Å²) in [6, 6.07) is 12.1. The second kappa shape index (κ2) is 10.5. The lowest BCUT2D eigenvalue weighted by atomic mass is 10.2. The van der Waals surface area contributed by atoms with Crippen molar-refractivity contribution >= 4 is 44.8 Å². The number of unbranched alkanes of at least 4 members (excludes halogenated alkanes) is 1. The number of halogens is 1. The van der Waals surface area contributed by atoms with Crippen LogP contribution < -0.4 is 9.54 Å². The van der Waals surface area contributed by atoms with Crippen LogP contribution in [0.1, 0.15) is 25.3 Å². The maximum Gasteiger partial charge on any atom is 0.206 e. The SMILES string of the molecule is C=CCN=c1scc(-c2ccc(Br)s2)n1/N=C/c1ccc(OCCCC)cc1. The number of nitrogens with zero attached hydrogens (tertiary/aromatic N) is 3. The minimum Gasteiger partial charge on any atom is -0.494 e. The summed E-state index contributed by atoms with van der Waals surface area (Å²) in [6.07, 6.45) is 5.83. The Kier molecular flexibility index (Phi) is 7.82. The molecule has 0 amide bonds. The summed E-state index contributed by atoms with van der Waals surface area (Å²) in [5.74, 6) is 0.889. The quantitative estimate of drug-likeness (QED) is 0.206. The van der Waals surface area contributed by atoms with Gasteiger partial charge in [0, 0.05) is 5.38 Å². The molecule has 2 heterocycles. The lowest BCUT2D eigenvalue weighted by Gasteiger charge is -2.05. The van der Waals surface area contributed by atoms with E-state index in [0.717, 1.165) is 49.9 Å². The Morgan fingerprint density at radius 2 is 2.04 bits per heavy atom. The molecule has 0 spiro atoms. The number of rotatable bonds is 9. The van der Waals surface area contributed by atoms with Crippen LogP contribution in [0, 0.1) is 0 Å². The van der Waals surface area contributed by atoms with Crippen molar-refractivity contribution in [3.05, 3.63) is 68.6 Å². The molecule has 2 aromatic heterocycles. The molecule has 0 N–H and O–H groups in total. The van der Waals surface area contributed by atoms with Crippen LogP contribution in [-0.4, -0.2) is 24.0 Å². The highest BCUT2D eigenvalue weighted by atomic mass is 79.9. The molecule has 0 aliphatic carbocycles. The summed E-state index contributed by atoms with van der Waals surface area (Å²) < 4.78 is 8.70. The minimum atomic E-state index is 0.563. The first-order chi connectivity index (χ1) is 13.7. The van der Waals surface area contributed by atoms with Gasteiger partial charge in [-0.1, -0.05) is 19.4 Å². The van der Waals surface area contributed by atoms with Gasteiger partial charge >= 0.3 is 0 Å². The molecule has 0 saturated heterocycles. The molecule has 1 aromatic carbocycles. The second-order valence-corrected chi connectivity index (χ2v) is 9.26. The molecular formula is C21H22BrN3OS2. The number of hydrogen-bond donors (Lipinski definition) is 0. The van der Waals surface area contributed by atoms with Crippen molar-refractivity contribution in [3.8, 4) is 16.3 Å². The number of thiophene rings is 1. The van der Waals surface area contributed by atoms with Gasteiger partial charge in [-0.25, -0.2) is 4.68 Å². The molecule has 3 rings (SSSR count). The van der Waals surface area contributed by atoms with Crippen molar-refractivity contribution < 1.29 is 4.74 Å². The minimum absolute atomic E-state index is 0.563. The van der Waals surface area contributed by atoms with Crippen LogP contribution in [0.2, 0.25) is 0 Å². The van der Waals surface area contributed by atoms with Crippen LogP contribution in [0.3, 0.4) is 0 Å². The van der Waals surface area contributed by atoms with E-state index >= 15 is 0 Å². The highest BCUT2D eigenvalue weighted by Crippen LogP contribution is 2.31. The van der Waals surface area contributed by atoms with E-state index in [1.807, 2.05) is 41.2 Å². The topological polar surface area (TPSA) is 38.9 Å². The van der Waals surface area contributed by atoms with E-state index < -0.39 is 0 Å². The number of ether oxygens (including phenoxy) is 1. The summed E-state index contributed by atoms with van der Waals surface area (Å²) in [7, 11) is 0. The van der Waals surface area contributed by atoms with Gasteiger partial charge in [-0.2, -0.15) is 5.10 Å². The highest BCUT2D eigenvalue weighted by molar-refractivity contribution is 9.11. The molecule has 7 heteroatoms. The molecule has 0 fully saturated rings. The molecule has 0 aliphatic rings. The molecule has 0 unspecified atom stereocenters. The molecule has 0 bridgehead atoms. The average molecular weight is 476 g/mol.